The number of nitrogens with zero attached hydrogens (tertiary/aromatic N) is 1. The molecule has 1 aromatic heterocycles. The molecule has 0 radical (unpaired) electrons. The molecule has 0 bridgehead atoms. The molecule has 0 spiro atoms. The van der Waals surface area contributed by atoms with Crippen LogP contribution in [0.5, 0.6) is 0 Å². The molecular formula is C28H35F2NO4S. The van der Waals surface area contributed by atoms with Crippen LogP contribution in [0.15, 0.2) is 54.6 Å². The minimum absolute atomic E-state index is 0.00806. The fourth-order valence-corrected chi connectivity index (χ4v) is 5.42. The maximum absolute atomic E-state index is 14.2. The number of likely N-dealkylation sites (tertiary alicyclic amines) is 1. The van der Waals surface area contributed by atoms with E-state index in [4.69, 9.17) is 5.11 Å². The first-order valence-corrected chi connectivity index (χ1v) is 13.4. The van der Waals surface area contributed by atoms with Gasteiger partial charge in [0.2, 0.25) is 0 Å². The predicted octanol–water partition coefficient (Wildman–Crippen LogP) is 5.97. The van der Waals surface area contributed by atoms with E-state index in [1.54, 1.807) is 18.2 Å². The molecule has 1 aliphatic rings. The van der Waals surface area contributed by atoms with Gasteiger partial charge >= 0.3 is 11.9 Å². The first-order valence-electron chi connectivity index (χ1n) is 12.6. The number of aryl methyl sites for hydroxylation is 2. The lowest BCUT2D eigenvalue weighted by Gasteiger charge is -2.22. The third-order valence-corrected chi connectivity index (χ3v) is 7.85. The molecule has 0 saturated carbocycles. The van der Waals surface area contributed by atoms with Crippen LogP contribution >= 0.6 is 11.3 Å². The van der Waals surface area contributed by atoms with E-state index in [0.717, 1.165) is 48.3 Å². The van der Waals surface area contributed by atoms with Crippen molar-refractivity contribution in [3.05, 3.63) is 69.9 Å². The van der Waals surface area contributed by atoms with Gasteiger partial charge in [0.25, 0.3) is 5.91 Å². The predicted molar refractivity (Wildman–Crippen MR) is 138 cm³/mol. The maximum Gasteiger partial charge on any atom is 0.345 e. The molecular weight excluding hydrogens is 484 g/mol. The monoisotopic (exact) mass is 519 g/mol. The van der Waals surface area contributed by atoms with Crippen molar-refractivity contribution in [1.82, 2.24) is 4.90 Å². The number of carboxylic acids is 1. The minimum Gasteiger partial charge on any atom is -0.477 e. The van der Waals surface area contributed by atoms with Gasteiger partial charge in [0, 0.05) is 17.8 Å². The summed E-state index contributed by atoms with van der Waals surface area (Å²) in [5, 5.41) is 19.6. The number of amides is 1. The van der Waals surface area contributed by atoms with Crippen LogP contribution < -0.4 is 0 Å². The SMILES string of the molecule is C[C@H](CCCCCc1ccccc1)[C@H](O)/C=C/[C@H]1CC(F)(F)C(=O)N1CCCc1ccc(C(=O)O)s1. The quantitative estimate of drug-likeness (QED) is 0.238. The zero-order valence-electron chi connectivity index (χ0n) is 20.6. The smallest absolute Gasteiger partial charge is 0.345 e. The third kappa shape index (κ3) is 7.96. The van der Waals surface area contributed by atoms with Gasteiger partial charge in [0.15, 0.2) is 0 Å². The third-order valence-electron chi connectivity index (χ3n) is 6.72. The van der Waals surface area contributed by atoms with E-state index in [0.29, 0.717) is 12.8 Å². The summed E-state index contributed by atoms with van der Waals surface area (Å²) in [4.78, 5) is 25.5. The number of carbonyl (C=O) groups is 2. The average Bonchev–Trinajstić information content (AvgIpc) is 3.41. The molecule has 1 aromatic carbocycles. The van der Waals surface area contributed by atoms with Gasteiger partial charge in [-0.1, -0.05) is 62.2 Å². The number of aromatic carboxylic acids is 1. The molecule has 1 saturated heterocycles. The molecule has 1 fully saturated rings. The molecule has 2 heterocycles. The van der Waals surface area contributed by atoms with Crippen molar-refractivity contribution in [3.8, 4) is 0 Å². The Morgan fingerprint density at radius 2 is 1.89 bits per heavy atom. The van der Waals surface area contributed by atoms with Crippen LogP contribution in [0.4, 0.5) is 8.78 Å². The van der Waals surface area contributed by atoms with E-state index in [1.165, 1.54) is 16.5 Å². The first kappa shape index (κ1) is 28.0. The van der Waals surface area contributed by atoms with Gasteiger partial charge in [-0.15, -0.1) is 11.3 Å². The summed E-state index contributed by atoms with van der Waals surface area (Å²) in [6.45, 7) is 2.10. The van der Waals surface area contributed by atoms with Crippen molar-refractivity contribution in [2.75, 3.05) is 6.54 Å². The Bertz CT molecular complexity index is 1020. The number of halogens is 2. The van der Waals surface area contributed by atoms with Crippen LogP contribution in [-0.4, -0.2) is 51.6 Å². The number of rotatable bonds is 14. The fraction of sp³-hybridized carbons (Fsp3) is 0.500. The second-order valence-electron chi connectivity index (χ2n) is 9.59. The molecule has 2 N–H and O–H groups in total. The first-order chi connectivity index (χ1) is 17.2. The van der Waals surface area contributed by atoms with E-state index in [9.17, 15) is 23.5 Å². The normalized spacial score (nSPS) is 19.2. The largest absolute Gasteiger partial charge is 0.477 e. The number of carboxylic acid groups (broad SMARTS) is 1. The number of carbonyl (C=O) groups excluding carboxylic acids is 1. The highest BCUT2D eigenvalue weighted by molar-refractivity contribution is 7.13. The van der Waals surface area contributed by atoms with Gasteiger partial charge in [-0.2, -0.15) is 8.78 Å². The Hall–Kier alpha value is -2.58. The molecule has 1 amide bonds. The number of hydrogen-bond acceptors (Lipinski definition) is 4. The van der Waals surface area contributed by atoms with Crippen molar-refractivity contribution in [1.29, 1.82) is 0 Å². The number of hydrogen-bond donors (Lipinski definition) is 2. The summed E-state index contributed by atoms with van der Waals surface area (Å²) in [5.74, 6) is -5.60. The van der Waals surface area contributed by atoms with Crippen molar-refractivity contribution >= 4 is 23.2 Å². The lowest BCUT2D eigenvalue weighted by atomic mass is 9.95. The van der Waals surface area contributed by atoms with Crippen LogP contribution in [0.1, 0.15) is 65.6 Å². The molecule has 0 unspecified atom stereocenters. The molecule has 2 aromatic rings. The number of aliphatic hydroxyl groups is 1. The highest BCUT2D eigenvalue weighted by atomic mass is 32.1. The van der Waals surface area contributed by atoms with Gasteiger partial charge < -0.3 is 15.1 Å². The minimum atomic E-state index is -3.41. The van der Waals surface area contributed by atoms with E-state index in [2.05, 4.69) is 12.1 Å². The Balaban J connectivity index is 1.44. The Morgan fingerprint density at radius 3 is 2.58 bits per heavy atom. The van der Waals surface area contributed by atoms with Gasteiger partial charge in [-0.3, -0.25) is 4.79 Å². The highest BCUT2D eigenvalue weighted by Gasteiger charge is 2.52. The average molecular weight is 520 g/mol. The molecule has 196 valence electrons. The van der Waals surface area contributed by atoms with Crippen molar-refractivity contribution in [3.63, 3.8) is 0 Å². The maximum atomic E-state index is 14.2. The van der Waals surface area contributed by atoms with E-state index in [-0.39, 0.29) is 17.3 Å². The number of alkyl halides is 2. The van der Waals surface area contributed by atoms with E-state index in [1.807, 2.05) is 25.1 Å². The van der Waals surface area contributed by atoms with Crippen LogP contribution in [0, 0.1) is 5.92 Å². The number of unbranched alkanes of at least 4 members (excludes halogenated alkanes) is 2. The molecule has 0 aliphatic carbocycles. The molecule has 1 aliphatic heterocycles. The van der Waals surface area contributed by atoms with Crippen molar-refractivity contribution in [2.45, 2.75) is 76.4 Å². The van der Waals surface area contributed by atoms with Crippen molar-refractivity contribution in [2.24, 2.45) is 5.92 Å². The van der Waals surface area contributed by atoms with Crippen LogP contribution in [0.3, 0.4) is 0 Å². The van der Waals surface area contributed by atoms with Crippen LogP contribution in [0.25, 0.3) is 0 Å². The summed E-state index contributed by atoms with van der Waals surface area (Å²) in [7, 11) is 0. The summed E-state index contributed by atoms with van der Waals surface area (Å²) in [6.07, 6.45) is 7.70. The topological polar surface area (TPSA) is 77.8 Å². The van der Waals surface area contributed by atoms with Gasteiger partial charge in [-0.25, -0.2) is 4.79 Å². The van der Waals surface area contributed by atoms with E-state index >= 15 is 0 Å². The fourth-order valence-electron chi connectivity index (χ4n) is 4.53. The Kier molecular flexibility index (Phi) is 10.2. The van der Waals surface area contributed by atoms with Crippen molar-refractivity contribution < 1.29 is 28.6 Å². The summed E-state index contributed by atoms with van der Waals surface area (Å²) < 4.78 is 28.3. The zero-order valence-corrected chi connectivity index (χ0v) is 21.4. The lowest BCUT2D eigenvalue weighted by Crippen LogP contribution is -2.36. The molecule has 36 heavy (non-hydrogen) atoms. The summed E-state index contributed by atoms with van der Waals surface area (Å²) in [5.41, 5.74) is 1.32. The van der Waals surface area contributed by atoms with Crippen LogP contribution in [0.2, 0.25) is 0 Å². The second-order valence-corrected chi connectivity index (χ2v) is 10.8. The lowest BCUT2D eigenvalue weighted by molar-refractivity contribution is -0.148. The number of thiophene rings is 1. The number of benzene rings is 1. The molecule has 8 heteroatoms. The van der Waals surface area contributed by atoms with Gasteiger partial charge in [0.1, 0.15) is 4.88 Å². The molecule has 3 rings (SSSR count). The standard InChI is InChI=1S/C28H35F2NO4S/c1-20(9-4-2-5-10-21-11-6-3-7-12-21)24(32)16-14-22-19-28(29,30)27(35)31(22)18-8-13-23-15-17-25(36-23)26(33)34/h3,6-7,11-12,14-17,20,22,24,32H,2,4-5,8-10,13,18-19H2,1H3,(H,33,34)/b16-14+/t20-,22+,24-/m1/s1. The molecule has 3 atom stereocenters. The highest BCUT2D eigenvalue weighted by Crippen LogP contribution is 2.34. The summed E-state index contributed by atoms with van der Waals surface area (Å²) in [6, 6.07) is 12.8. The second kappa shape index (κ2) is 13.1. The van der Waals surface area contributed by atoms with Gasteiger partial charge in [0.05, 0.1) is 12.1 Å². The zero-order chi connectivity index (χ0) is 26.1. The molecule has 5 nitrogen and oxygen atoms in total. The number of aliphatic hydroxyl groups excluding tert-OH is 1. The van der Waals surface area contributed by atoms with Crippen LogP contribution in [-0.2, 0) is 17.6 Å². The van der Waals surface area contributed by atoms with E-state index < -0.39 is 36.4 Å². The Morgan fingerprint density at radius 1 is 1.14 bits per heavy atom. The Labute approximate surface area is 215 Å². The summed E-state index contributed by atoms with van der Waals surface area (Å²) >= 11 is 1.15. The van der Waals surface area contributed by atoms with Gasteiger partial charge in [-0.05, 0) is 55.7 Å².